The summed E-state index contributed by atoms with van der Waals surface area (Å²) in [5.74, 6) is -3.56. The molecule has 2 rings (SSSR count). The van der Waals surface area contributed by atoms with E-state index in [2.05, 4.69) is 10.3 Å². The van der Waals surface area contributed by atoms with Crippen molar-refractivity contribution < 1.29 is 13.6 Å². The molecule has 0 aromatic carbocycles. The number of hydrogen-bond acceptors (Lipinski definition) is 2. The van der Waals surface area contributed by atoms with Gasteiger partial charge in [0.1, 0.15) is 5.69 Å². The molecule has 1 heterocycles. The van der Waals surface area contributed by atoms with Crippen LogP contribution in [0.3, 0.4) is 0 Å². The maximum Gasteiger partial charge on any atom is 0.287 e. The number of aromatic nitrogens is 1. The zero-order valence-electron chi connectivity index (χ0n) is 11.9. The van der Waals surface area contributed by atoms with E-state index >= 15 is 0 Å². The number of nitrogens with one attached hydrogen (secondary N) is 1. The number of alkyl halides is 2. The molecule has 1 N–H and O–H groups in total. The van der Waals surface area contributed by atoms with Crippen molar-refractivity contribution in [3.8, 4) is 0 Å². The lowest BCUT2D eigenvalue weighted by Crippen LogP contribution is -2.37. The molecule has 20 heavy (non-hydrogen) atoms. The number of carbonyl (C=O) groups is 1. The Kier molecular flexibility index (Phi) is 4.35. The van der Waals surface area contributed by atoms with E-state index in [1.165, 1.54) is 18.7 Å². The molecule has 3 nitrogen and oxygen atoms in total. The lowest BCUT2D eigenvalue weighted by Gasteiger charge is -2.23. The van der Waals surface area contributed by atoms with Crippen molar-refractivity contribution in [3.63, 3.8) is 0 Å². The van der Waals surface area contributed by atoms with Gasteiger partial charge in [0.2, 0.25) is 0 Å². The highest BCUT2D eigenvalue weighted by molar-refractivity contribution is 5.95. The second-order valence-corrected chi connectivity index (χ2v) is 5.61. The predicted molar refractivity (Wildman–Crippen MR) is 72.9 cm³/mol. The van der Waals surface area contributed by atoms with Crippen molar-refractivity contribution >= 4 is 5.91 Å². The van der Waals surface area contributed by atoms with Crippen LogP contribution in [0.4, 0.5) is 8.78 Å². The van der Waals surface area contributed by atoms with Gasteiger partial charge >= 0.3 is 0 Å². The number of hydrogen-bond donors (Lipinski definition) is 1. The zero-order valence-corrected chi connectivity index (χ0v) is 11.9. The topological polar surface area (TPSA) is 42.0 Å². The highest BCUT2D eigenvalue weighted by atomic mass is 19.3. The minimum atomic E-state index is -3.12. The van der Waals surface area contributed by atoms with Crippen molar-refractivity contribution in [2.45, 2.75) is 57.9 Å². The van der Waals surface area contributed by atoms with Gasteiger partial charge in [-0.15, -0.1) is 0 Å². The Balaban J connectivity index is 2.21. The van der Waals surface area contributed by atoms with Gasteiger partial charge in [-0.1, -0.05) is 19.3 Å². The third-order valence-electron chi connectivity index (χ3n) is 3.63. The number of amides is 1. The van der Waals surface area contributed by atoms with Gasteiger partial charge in [0.25, 0.3) is 11.8 Å². The molecule has 1 saturated carbocycles. The van der Waals surface area contributed by atoms with E-state index in [0.29, 0.717) is 5.56 Å². The predicted octanol–water partition coefficient (Wildman–Crippen LogP) is 3.56. The fraction of sp³-hybridized carbons (Fsp3) is 0.600. The Labute approximate surface area is 117 Å². The molecule has 1 amide bonds. The quantitative estimate of drug-likeness (QED) is 0.921. The molecule has 0 bridgehead atoms. The molecule has 0 unspecified atom stereocenters. The first-order valence-electron chi connectivity index (χ1n) is 7.04. The van der Waals surface area contributed by atoms with Crippen molar-refractivity contribution in [3.05, 3.63) is 29.1 Å². The number of rotatable bonds is 3. The van der Waals surface area contributed by atoms with E-state index in [9.17, 15) is 13.6 Å². The molecule has 0 spiro atoms. The maximum absolute atomic E-state index is 13.5. The van der Waals surface area contributed by atoms with E-state index in [1.54, 1.807) is 6.92 Å². The van der Waals surface area contributed by atoms with Crippen LogP contribution in [0.25, 0.3) is 0 Å². The Morgan fingerprint density at radius 3 is 2.60 bits per heavy atom. The summed E-state index contributed by atoms with van der Waals surface area (Å²) >= 11 is 0. The van der Waals surface area contributed by atoms with Crippen LogP contribution in [-0.4, -0.2) is 16.9 Å². The van der Waals surface area contributed by atoms with Gasteiger partial charge in [0.15, 0.2) is 0 Å². The summed E-state index contributed by atoms with van der Waals surface area (Å²) in [6, 6.07) is 1.58. The van der Waals surface area contributed by atoms with Crippen LogP contribution in [0, 0.1) is 6.92 Å². The molecule has 1 aliphatic rings. The molecule has 0 atom stereocenters. The Hall–Kier alpha value is -1.52. The van der Waals surface area contributed by atoms with Crippen molar-refractivity contribution in [2.75, 3.05) is 0 Å². The molecular formula is C15H20F2N2O. The summed E-state index contributed by atoms with van der Waals surface area (Å²) in [5, 5.41) is 2.86. The van der Waals surface area contributed by atoms with E-state index in [0.717, 1.165) is 32.6 Å². The van der Waals surface area contributed by atoms with Crippen LogP contribution < -0.4 is 5.32 Å². The van der Waals surface area contributed by atoms with Gasteiger partial charge < -0.3 is 5.32 Å². The summed E-state index contributed by atoms with van der Waals surface area (Å²) in [6.07, 6.45) is 6.54. The minimum absolute atomic E-state index is 0.0110. The molecule has 0 aliphatic heterocycles. The monoisotopic (exact) mass is 282 g/mol. The normalized spacial score (nSPS) is 17.0. The van der Waals surface area contributed by atoms with Gasteiger partial charge in [-0.05, 0) is 31.4 Å². The fourth-order valence-corrected chi connectivity index (χ4v) is 2.60. The van der Waals surface area contributed by atoms with Gasteiger partial charge in [-0.2, -0.15) is 8.78 Å². The molecule has 1 aliphatic carbocycles. The average molecular weight is 282 g/mol. The summed E-state index contributed by atoms with van der Waals surface area (Å²) in [7, 11) is 0. The number of nitrogens with zero attached hydrogens (tertiary/aromatic N) is 1. The zero-order chi connectivity index (χ0) is 14.8. The number of aryl methyl sites for hydroxylation is 1. The van der Waals surface area contributed by atoms with Crippen LogP contribution in [-0.2, 0) is 5.92 Å². The maximum atomic E-state index is 13.5. The van der Waals surface area contributed by atoms with Crippen molar-refractivity contribution in [2.24, 2.45) is 0 Å². The van der Waals surface area contributed by atoms with Gasteiger partial charge in [0, 0.05) is 19.2 Å². The highest BCUT2D eigenvalue weighted by Crippen LogP contribution is 2.28. The molecule has 1 fully saturated rings. The first-order chi connectivity index (χ1) is 9.38. The van der Waals surface area contributed by atoms with Crippen molar-refractivity contribution in [1.82, 2.24) is 10.3 Å². The SMILES string of the molecule is Cc1cnc(C(C)(F)F)c(C(=O)NC2CCCCC2)c1. The highest BCUT2D eigenvalue weighted by Gasteiger charge is 2.32. The first kappa shape index (κ1) is 14.9. The third-order valence-corrected chi connectivity index (χ3v) is 3.63. The first-order valence-corrected chi connectivity index (χ1v) is 7.04. The van der Waals surface area contributed by atoms with Gasteiger partial charge in [-0.3, -0.25) is 9.78 Å². The largest absolute Gasteiger partial charge is 0.349 e. The number of carbonyl (C=O) groups excluding carboxylic acids is 1. The standard InChI is InChI=1S/C15H20F2N2O/c1-10-8-12(13(18-9-10)15(2,16)17)14(20)19-11-6-4-3-5-7-11/h8-9,11H,3-7H2,1-2H3,(H,19,20). The van der Waals surface area contributed by atoms with Crippen LogP contribution in [0.5, 0.6) is 0 Å². The number of pyridine rings is 1. The Bertz CT molecular complexity index is 491. The fourth-order valence-electron chi connectivity index (χ4n) is 2.60. The van der Waals surface area contributed by atoms with E-state index in [4.69, 9.17) is 0 Å². The second kappa shape index (κ2) is 5.85. The van der Waals surface area contributed by atoms with E-state index < -0.39 is 17.5 Å². The Morgan fingerprint density at radius 1 is 1.35 bits per heavy atom. The van der Waals surface area contributed by atoms with Crippen LogP contribution in [0.2, 0.25) is 0 Å². The molecular weight excluding hydrogens is 262 g/mol. The molecule has 1 aromatic rings. The number of halogens is 2. The summed E-state index contributed by atoms with van der Waals surface area (Å²) < 4.78 is 27.1. The van der Waals surface area contributed by atoms with Gasteiger partial charge in [-0.25, -0.2) is 0 Å². The van der Waals surface area contributed by atoms with Gasteiger partial charge in [0.05, 0.1) is 5.56 Å². The smallest absolute Gasteiger partial charge is 0.287 e. The summed E-state index contributed by atoms with van der Waals surface area (Å²) in [6.45, 7) is 2.50. The lowest BCUT2D eigenvalue weighted by molar-refractivity contribution is 0.0115. The summed E-state index contributed by atoms with van der Waals surface area (Å²) in [5.41, 5.74) is 0.242. The molecule has 1 aromatic heterocycles. The molecule has 0 saturated heterocycles. The van der Waals surface area contributed by atoms with Crippen LogP contribution >= 0.6 is 0 Å². The summed E-state index contributed by atoms with van der Waals surface area (Å²) in [4.78, 5) is 16.0. The third kappa shape index (κ3) is 3.52. The lowest BCUT2D eigenvalue weighted by atomic mass is 9.95. The molecule has 110 valence electrons. The second-order valence-electron chi connectivity index (χ2n) is 5.61. The van der Waals surface area contributed by atoms with Crippen LogP contribution in [0.1, 0.15) is 60.6 Å². The molecule has 0 radical (unpaired) electrons. The van der Waals surface area contributed by atoms with E-state index in [-0.39, 0.29) is 11.6 Å². The average Bonchev–Trinajstić information content (AvgIpc) is 2.38. The minimum Gasteiger partial charge on any atom is -0.349 e. The van der Waals surface area contributed by atoms with E-state index in [1.807, 2.05) is 0 Å². The van der Waals surface area contributed by atoms with Crippen LogP contribution in [0.15, 0.2) is 12.3 Å². The molecule has 5 heteroatoms. The Morgan fingerprint density at radius 2 is 2.00 bits per heavy atom. The van der Waals surface area contributed by atoms with Crippen molar-refractivity contribution in [1.29, 1.82) is 0 Å².